The SMILES string of the molecule is O=P([O-])([O-])O.O=P([O-])([O-])O.[Mo].[Mo].[Mo].[Mo].[Mo].[NH3+]CC[NH3+].[NH3+]CC[NH3+].[O-2].[O-2].[O-2].[O-2].[O-2].[O-2].[O-2].[O-2].[O-2].[O-2].[O-2].[O-2].[O-2].[O-2].[O-2]. The van der Waals surface area contributed by atoms with Crippen molar-refractivity contribution in [1.29, 1.82) is 0 Å². The molecule has 0 unspecified atom stereocenters. The van der Waals surface area contributed by atoms with Crippen molar-refractivity contribution >= 4 is 15.6 Å². The number of quaternary nitrogens is 4. The average molecular weight is 1040 g/mol. The normalized spacial score (nSPS) is 4.68. The molecule has 0 aliphatic rings. The summed E-state index contributed by atoms with van der Waals surface area (Å²) >= 11 is 0. The van der Waals surface area contributed by atoms with Gasteiger partial charge in [0.2, 0.25) is 0 Å². The van der Waals surface area contributed by atoms with Gasteiger partial charge in [-0.1, -0.05) is 0 Å². The molecule has 0 radical (unpaired) electrons. The number of hydrogen-bond donors (Lipinski definition) is 6. The molecule has 34 heteroatoms. The third-order valence-corrected chi connectivity index (χ3v) is 0.500. The predicted molar refractivity (Wildman–Crippen MR) is 61.0 cm³/mol. The van der Waals surface area contributed by atoms with Gasteiger partial charge in [-0.3, -0.25) is 0 Å². The summed E-state index contributed by atoms with van der Waals surface area (Å²) in [5, 5.41) is 0. The van der Waals surface area contributed by atoms with E-state index in [4.69, 9.17) is 38.5 Å². The fourth-order valence-corrected chi connectivity index (χ4v) is 0. The van der Waals surface area contributed by atoms with Gasteiger partial charge in [-0.25, -0.2) is 0 Å². The molecule has 38 heavy (non-hydrogen) atoms. The Morgan fingerprint density at radius 2 is 0.395 bits per heavy atom. The van der Waals surface area contributed by atoms with Gasteiger partial charge in [0.15, 0.2) is 0 Å². The molecule has 0 aromatic carbocycles. The molecule has 0 rings (SSSR count). The molecule has 27 nitrogen and oxygen atoms in total. The van der Waals surface area contributed by atoms with Crippen molar-refractivity contribution in [1.82, 2.24) is 0 Å². The molecule has 0 spiro atoms. The zero-order valence-electron chi connectivity index (χ0n) is 18.1. The molecule has 0 bridgehead atoms. The van der Waals surface area contributed by atoms with Crippen LogP contribution in [0.5, 0.6) is 0 Å². The van der Waals surface area contributed by atoms with Crippen LogP contribution in [-0.4, -0.2) is 36.0 Å². The van der Waals surface area contributed by atoms with Crippen LogP contribution in [0.2, 0.25) is 0 Å². The minimum atomic E-state index is -5.14. The Labute approximate surface area is 288 Å². The smallest absolute Gasteiger partial charge is 0.124 e. The van der Waals surface area contributed by atoms with Crippen molar-refractivity contribution in [2.45, 2.75) is 0 Å². The zero-order valence-corrected chi connectivity index (χ0v) is 29.9. The fourth-order valence-electron chi connectivity index (χ4n) is 0. The molecule has 0 aliphatic heterocycles. The minimum absolute atomic E-state index is 0. The van der Waals surface area contributed by atoms with Gasteiger partial charge in [0.25, 0.3) is 0 Å². The maximum absolute atomic E-state index is 8.66. The zero-order chi connectivity index (χ0) is 15.8. The summed E-state index contributed by atoms with van der Waals surface area (Å²) in [5.41, 5.74) is 14.2. The molecule has 266 valence electrons. The second kappa shape index (κ2) is 169. The molecule has 0 fully saturated rings. The van der Waals surface area contributed by atoms with Crippen LogP contribution in [0.1, 0.15) is 0 Å². The molecular formula is C4H22Mo5N4O23P2-30. The Morgan fingerprint density at radius 3 is 0.395 bits per heavy atom. The maximum Gasteiger partial charge on any atom is 0.124 e. The van der Waals surface area contributed by atoms with Gasteiger partial charge >= 0.3 is 0 Å². The Kier molecular flexibility index (Phi) is 1010. The largest absolute Gasteiger partial charge is 2.00 e. The fraction of sp³-hybridized carbons (Fsp3) is 1.00. The van der Waals surface area contributed by atoms with Crippen LogP contribution >= 0.6 is 15.6 Å². The summed E-state index contributed by atoms with van der Waals surface area (Å²) in [6.45, 7) is 3.83. The molecule has 0 atom stereocenters. The molecule has 14 N–H and O–H groups in total. The van der Waals surface area contributed by atoms with E-state index in [9.17, 15) is 0 Å². The van der Waals surface area contributed by atoms with E-state index in [2.05, 4.69) is 22.9 Å². The number of rotatable bonds is 2. The van der Waals surface area contributed by atoms with E-state index in [1.807, 2.05) is 0 Å². The second-order valence-electron chi connectivity index (χ2n) is 2.35. The van der Waals surface area contributed by atoms with Gasteiger partial charge in [-0.2, -0.15) is 0 Å². The summed E-state index contributed by atoms with van der Waals surface area (Å²) in [5.74, 6) is 0. The van der Waals surface area contributed by atoms with Gasteiger partial charge in [0.1, 0.15) is 26.2 Å². The van der Waals surface area contributed by atoms with Crippen molar-refractivity contribution < 1.29 is 249 Å². The number of phosphoric acid groups is 2. The maximum atomic E-state index is 8.66. The van der Waals surface area contributed by atoms with Crippen molar-refractivity contribution in [3.63, 3.8) is 0 Å². The molecule has 0 heterocycles. The minimum Gasteiger partial charge on any atom is -2.00 e. The van der Waals surface area contributed by atoms with Crippen LogP contribution in [0, 0.1) is 0 Å². The predicted octanol–water partition coefficient (Wildman–Crippen LogP) is -11.2. The van der Waals surface area contributed by atoms with Crippen LogP contribution in [-0.2, 0) is 197 Å². The molecule has 0 aromatic heterocycles. The Bertz CT molecular complexity index is 217. The van der Waals surface area contributed by atoms with Crippen LogP contribution in [0.4, 0.5) is 0 Å². The summed E-state index contributed by atoms with van der Waals surface area (Å²) in [6, 6.07) is 0. The van der Waals surface area contributed by atoms with Crippen LogP contribution in [0.15, 0.2) is 0 Å². The Hall–Kier alpha value is 2.90. The standard InChI is InChI=1S/2C2H8N2.5Mo.2H3O4P.15O/c2*3-1-2-4;;;;;;2*1-5(2,3)4;;;;;;;;;;;;;;;/h2*1-4H2;;;;;;2*(H3,1,2,3,4);;;;;;;;;;;;;;;/q;;;;;;;;;15*-2. The van der Waals surface area contributed by atoms with Gasteiger partial charge in [0, 0.05) is 105 Å². The van der Waals surface area contributed by atoms with E-state index in [0.717, 1.165) is 26.2 Å². The molecule has 0 aliphatic carbocycles. The van der Waals surface area contributed by atoms with Crippen molar-refractivity contribution in [2.75, 3.05) is 26.2 Å². The van der Waals surface area contributed by atoms with Crippen molar-refractivity contribution in [3.8, 4) is 0 Å². The third-order valence-electron chi connectivity index (χ3n) is 0.500. The van der Waals surface area contributed by atoms with E-state index in [0.29, 0.717) is 0 Å². The van der Waals surface area contributed by atoms with Gasteiger partial charge in [-0.15, -0.1) is 0 Å². The molecular weight excluding hydrogens is 1010 g/mol. The first-order valence-electron chi connectivity index (χ1n) is 4.50. The molecule has 0 amide bonds. The van der Waals surface area contributed by atoms with Gasteiger partial charge in [-0.05, 0) is 0 Å². The average Bonchev–Trinajstić information content (AvgIpc) is 2.12. The van der Waals surface area contributed by atoms with Crippen LogP contribution in [0.3, 0.4) is 0 Å². The topological polar surface area (TPSA) is 705 Å². The molecule has 0 saturated carbocycles. The summed E-state index contributed by atoms with van der Waals surface area (Å²) in [4.78, 5) is 48.6. The summed E-state index contributed by atoms with van der Waals surface area (Å²) in [7, 11) is -10.3. The Balaban J connectivity index is -0.00000000267. The molecule has 0 aromatic rings. The van der Waals surface area contributed by atoms with Crippen molar-refractivity contribution in [2.24, 2.45) is 0 Å². The first-order valence-corrected chi connectivity index (χ1v) is 7.49. The third kappa shape index (κ3) is 2330. The first-order chi connectivity index (χ1) is 7.83. The van der Waals surface area contributed by atoms with E-state index < -0.39 is 15.6 Å². The first kappa shape index (κ1) is 228. The van der Waals surface area contributed by atoms with Crippen LogP contribution in [0.25, 0.3) is 0 Å². The summed E-state index contributed by atoms with van der Waals surface area (Å²) < 4.78 is 17.3. The van der Waals surface area contributed by atoms with Gasteiger partial charge < -0.3 is 144 Å². The second-order valence-corrected chi connectivity index (χ2v) is 4.23. The quantitative estimate of drug-likeness (QED) is 0.114. The summed E-state index contributed by atoms with van der Waals surface area (Å²) in [6.07, 6.45) is 0. The van der Waals surface area contributed by atoms with E-state index in [-0.39, 0.29) is 187 Å². The monoisotopic (exact) mass is 1050 g/mol. The van der Waals surface area contributed by atoms with Gasteiger partial charge in [0.05, 0.1) is 15.6 Å². The van der Waals surface area contributed by atoms with Crippen molar-refractivity contribution in [3.05, 3.63) is 0 Å². The van der Waals surface area contributed by atoms with E-state index >= 15 is 0 Å². The van der Waals surface area contributed by atoms with E-state index in [1.165, 1.54) is 0 Å². The molecule has 0 saturated heterocycles. The van der Waals surface area contributed by atoms with E-state index in [1.54, 1.807) is 0 Å². The van der Waals surface area contributed by atoms with Crippen LogP contribution < -0.4 is 42.5 Å². The Morgan fingerprint density at radius 1 is 0.368 bits per heavy atom. The number of hydrogen-bond acceptors (Lipinski definition) is 6.